The zero-order valence-electron chi connectivity index (χ0n) is 8.17. The van der Waals surface area contributed by atoms with Gasteiger partial charge in [-0.2, -0.15) is 0 Å². The molecular formula is C11H12Cl2O2. The Bertz CT molecular complexity index is 339. The van der Waals surface area contributed by atoms with Gasteiger partial charge < -0.3 is 9.84 Å². The number of aliphatic hydroxyl groups is 1. The number of rotatable bonds is 1. The summed E-state index contributed by atoms with van der Waals surface area (Å²) in [7, 11) is 0. The Balaban J connectivity index is 2.34. The lowest BCUT2D eigenvalue weighted by molar-refractivity contribution is -0.0679. The Morgan fingerprint density at radius 1 is 1.07 bits per heavy atom. The summed E-state index contributed by atoms with van der Waals surface area (Å²) in [5.41, 5.74) is -0.0597. The van der Waals surface area contributed by atoms with Crippen LogP contribution in [0.1, 0.15) is 18.4 Å². The predicted molar refractivity (Wildman–Crippen MR) is 60.4 cm³/mol. The first-order valence-electron chi connectivity index (χ1n) is 4.87. The first-order valence-corrected chi connectivity index (χ1v) is 5.62. The molecule has 1 aliphatic heterocycles. The van der Waals surface area contributed by atoms with Crippen molar-refractivity contribution in [2.45, 2.75) is 18.4 Å². The Hall–Kier alpha value is -0.280. The van der Waals surface area contributed by atoms with E-state index in [0.29, 0.717) is 36.1 Å². The van der Waals surface area contributed by atoms with Gasteiger partial charge in [0.25, 0.3) is 0 Å². The minimum absolute atomic E-state index is 0.553. The predicted octanol–water partition coefficient (Wildman–Crippen LogP) is 2.99. The smallest absolute Gasteiger partial charge is 0.0941 e. The third-order valence-electron chi connectivity index (χ3n) is 2.72. The molecule has 4 heteroatoms. The minimum atomic E-state index is -0.840. The molecule has 0 atom stereocenters. The quantitative estimate of drug-likeness (QED) is 0.826. The largest absolute Gasteiger partial charge is 0.385 e. The topological polar surface area (TPSA) is 29.5 Å². The van der Waals surface area contributed by atoms with Crippen LogP contribution in [0.2, 0.25) is 10.0 Å². The van der Waals surface area contributed by atoms with Gasteiger partial charge in [0.1, 0.15) is 0 Å². The highest BCUT2D eigenvalue weighted by Crippen LogP contribution is 2.34. The van der Waals surface area contributed by atoms with Gasteiger partial charge in [-0.05, 0) is 23.8 Å². The van der Waals surface area contributed by atoms with Crippen LogP contribution in [0.3, 0.4) is 0 Å². The fourth-order valence-corrected chi connectivity index (χ4v) is 2.35. The molecule has 1 aromatic rings. The molecule has 1 heterocycles. The Morgan fingerprint density at radius 3 is 2.13 bits per heavy atom. The third-order valence-corrected chi connectivity index (χ3v) is 3.16. The van der Waals surface area contributed by atoms with E-state index in [1.165, 1.54) is 0 Å². The lowest BCUT2D eigenvalue weighted by atomic mass is 9.86. The molecule has 2 rings (SSSR count). The van der Waals surface area contributed by atoms with E-state index in [1.807, 2.05) is 0 Å². The fourth-order valence-electron chi connectivity index (χ4n) is 1.82. The first-order chi connectivity index (χ1) is 7.10. The second-order valence-corrected chi connectivity index (χ2v) is 4.67. The van der Waals surface area contributed by atoms with E-state index in [9.17, 15) is 5.11 Å². The lowest BCUT2D eigenvalue weighted by Crippen LogP contribution is -2.33. The molecule has 0 aromatic heterocycles. The van der Waals surface area contributed by atoms with Crippen molar-refractivity contribution < 1.29 is 9.84 Å². The van der Waals surface area contributed by atoms with Crippen molar-refractivity contribution in [3.8, 4) is 0 Å². The van der Waals surface area contributed by atoms with E-state index >= 15 is 0 Å². The zero-order valence-corrected chi connectivity index (χ0v) is 9.68. The summed E-state index contributed by atoms with van der Waals surface area (Å²) >= 11 is 11.8. The number of hydrogen-bond donors (Lipinski definition) is 1. The summed E-state index contributed by atoms with van der Waals surface area (Å²) in [5, 5.41) is 11.5. The van der Waals surface area contributed by atoms with Gasteiger partial charge >= 0.3 is 0 Å². The molecule has 0 aliphatic carbocycles. The van der Waals surface area contributed by atoms with Gasteiger partial charge in [-0.3, -0.25) is 0 Å². The number of benzene rings is 1. The van der Waals surface area contributed by atoms with Gasteiger partial charge in [-0.1, -0.05) is 23.2 Å². The summed E-state index contributed by atoms with van der Waals surface area (Å²) in [4.78, 5) is 0. The van der Waals surface area contributed by atoms with Crippen molar-refractivity contribution in [3.05, 3.63) is 33.8 Å². The highest BCUT2D eigenvalue weighted by molar-refractivity contribution is 6.34. The summed E-state index contributed by atoms with van der Waals surface area (Å²) < 4.78 is 5.22. The highest BCUT2D eigenvalue weighted by Gasteiger charge is 2.32. The Morgan fingerprint density at radius 2 is 1.60 bits per heavy atom. The number of hydrogen-bond acceptors (Lipinski definition) is 2. The van der Waals surface area contributed by atoms with Crippen molar-refractivity contribution in [1.29, 1.82) is 0 Å². The zero-order chi connectivity index (χ0) is 10.9. The van der Waals surface area contributed by atoms with Crippen LogP contribution in [-0.2, 0) is 10.3 Å². The molecule has 0 bridgehead atoms. The second kappa shape index (κ2) is 4.30. The molecule has 15 heavy (non-hydrogen) atoms. The third kappa shape index (κ3) is 2.45. The summed E-state index contributed by atoms with van der Waals surface area (Å²) in [6.45, 7) is 1.14. The van der Waals surface area contributed by atoms with Crippen LogP contribution in [0.4, 0.5) is 0 Å². The van der Waals surface area contributed by atoms with Crippen molar-refractivity contribution in [1.82, 2.24) is 0 Å². The van der Waals surface area contributed by atoms with Crippen LogP contribution in [0, 0.1) is 0 Å². The van der Waals surface area contributed by atoms with E-state index < -0.39 is 5.60 Å². The van der Waals surface area contributed by atoms with E-state index in [4.69, 9.17) is 27.9 Å². The molecule has 0 radical (unpaired) electrons. The maximum atomic E-state index is 10.4. The van der Waals surface area contributed by atoms with Crippen LogP contribution in [0.25, 0.3) is 0 Å². The molecule has 1 N–H and O–H groups in total. The van der Waals surface area contributed by atoms with Crippen molar-refractivity contribution in [2.75, 3.05) is 13.2 Å². The fraction of sp³-hybridized carbons (Fsp3) is 0.455. The summed E-state index contributed by atoms with van der Waals surface area (Å²) in [6, 6.07) is 5.19. The van der Waals surface area contributed by atoms with Gasteiger partial charge in [-0.15, -0.1) is 0 Å². The maximum Gasteiger partial charge on any atom is 0.0941 e. The second-order valence-electron chi connectivity index (χ2n) is 3.80. The number of halogens is 2. The minimum Gasteiger partial charge on any atom is -0.385 e. The molecule has 1 aliphatic rings. The molecule has 1 fully saturated rings. The average molecular weight is 247 g/mol. The van der Waals surface area contributed by atoms with Crippen LogP contribution < -0.4 is 0 Å². The Kier molecular flexibility index (Phi) is 3.21. The molecule has 82 valence electrons. The van der Waals surface area contributed by atoms with Crippen LogP contribution >= 0.6 is 23.2 Å². The maximum absolute atomic E-state index is 10.4. The lowest BCUT2D eigenvalue weighted by Gasteiger charge is -2.32. The van der Waals surface area contributed by atoms with Crippen molar-refractivity contribution in [3.63, 3.8) is 0 Å². The molecule has 0 unspecified atom stereocenters. The summed E-state index contributed by atoms with van der Waals surface area (Å²) in [6.07, 6.45) is 1.17. The number of ether oxygens (including phenoxy) is 1. The van der Waals surface area contributed by atoms with E-state index in [1.54, 1.807) is 18.2 Å². The average Bonchev–Trinajstić information content (AvgIpc) is 2.17. The highest BCUT2D eigenvalue weighted by atomic mass is 35.5. The van der Waals surface area contributed by atoms with E-state index in [2.05, 4.69) is 0 Å². The van der Waals surface area contributed by atoms with Crippen LogP contribution in [0.5, 0.6) is 0 Å². The van der Waals surface area contributed by atoms with Gasteiger partial charge in [0.15, 0.2) is 0 Å². The van der Waals surface area contributed by atoms with Gasteiger partial charge in [0.05, 0.1) is 5.60 Å². The monoisotopic (exact) mass is 246 g/mol. The Labute approximate surface area is 98.8 Å². The van der Waals surface area contributed by atoms with Crippen LogP contribution in [0.15, 0.2) is 18.2 Å². The van der Waals surface area contributed by atoms with E-state index in [-0.39, 0.29) is 0 Å². The van der Waals surface area contributed by atoms with Crippen molar-refractivity contribution in [2.24, 2.45) is 0 Å². The molecule has 2 nitrogen and oxygen atoms in total. The molecule has 1 saturated heterocycles. The van der Waals surface area contributed by atoms with Gasteiger partial charge in [0, 0.05) is 36.1 Å². The van der Waals surface area contributed by atoms with Crippen molar-refractivity contribution >= 4 is 23.2 Å². The molecule has 0 amide bonds. The standard InChI is InChI=1S/C11H12Cl2O2/c12-9-5-8(6-10(13)7-9)11(14)1-3-15-4-2-11/h5-7,14H,1-4H2. The van der Waals surface area contributed by atoms with E-state index in [0.717, 1.165) is 5.56 Å². The molecular weight excluding hydrogens is 235 g/mol. The SMILES string of the molecule is OC1(c2cc(Cl)cc(Cl)c2)CCOCC1. The summed E-state index contributed by atoms with van der Waals surface area (Å²) in [5.74, 6) is 0. The first kappa shape index (κ1) is 11.2. The molecule has 0 spiro atoms. The van der Waals surface area contributed by atoms with Gasteiger partial charge in [0.2, 0.25) is 0 Å². The normalized spacial score (nSPS) is 20.2. The van der Waals surface area contributed by atoms with Crippen LogP contribution in [-0.4, -0.2) is 18.3 Å². The molecule has 1 aromatic carbocycles. The molecule has 0 saturated carbocycles. The van der Waals surface area contributed by atoms with Gasteiger partial charge in [-0.25, -0.2) is 0 Å².